The maximum Gasteiger partial charge on any atom is 0.269 e. The van der Waals surface area contributed by atoms with Gasteiger partial charge in [-0.1, -0.05) is 24.3 Å². The number of halogens is 1. The number of nitro groups is 1. The van der Waals surface area contributed by atoms with E-state index in [1.165, 1.54) is 11.3 Å². The molecule has 3 aliphatic heterocycles. The number of hydrogen-bond acceptors (Lipinski definition) is 5. The zero-order valence-corrected chi connectivity index (χ0v) is 16.7. The predicted octanol–water partition coefficient (Wildman–Crippen LogP) is 4.19. The lowest BCUT2D eigenvalue weighted by Crippen LogP contribution is -2.60. The molecular weight excluding hydrogens is 376 g/mol. The Morgan fingerprint density at radius 1 is 1.14 bits per heavy atom. The zero-order valence-electron chi connectivity index (χ0n) is 15.9. The van der Waals surface area contributed by atoms with Gasteiger partial charge in [0, 0.05) is 35.8 Å². The van der Waals surface area contributed by atoms with E-state index in [4.69, 9.17) is 4.99 Å². The number of hydrogen-bond donors (Lipinski definition) is 0. The second-order valence-corrected chi connectivity index (χ2v) is 8.19. The van der Waals surface area contributed by atoms with Crippen LogP contribution < -0.4 is 4.90 Å². The minimum atomic E-state index is -0.337. The molecule has 1 fully saturated rings. The molecule has 146 valence electrons. The molecule has 0 bridgehead atoms. The minimum Gasteiger partial charge on any atom is -0.350 e. The van der Waals surface area contributed by atoms with E-state index in [2.05, 4.69) is 47.9 Å². The fraction of sp³-hybridized carbons (Fsp3) is 0.381. The maximum atomic E-state index is 11.0. The predicted molar refractivity (Wildman–Crippen MR) is 113 cm³/mol. The molecule has 2 unspecified atom stereocenters. The molecule has 0 spiro atoms. The largest absolute Gasteiger partial charge is 0.350 e. The van der Waals surface area contributed by atoms with Crippen LogP contribution in [0.15, 0.2) is 53.5 Å². The van der Waals surface area contributed by atoms with E-state index in [-0.39, 0.29) is 34.7 Å². The van der Waals surface area contributed by atoms with Gasteiger partial charge < -0.3 is 9.80 Å². The van der Waals surface area contributed by atoms with Crippen molar-refractivity contribution in [1.29, 1.82) is 0 Å². The highest BCUT2D eigenvalue weighted by molar-refractivity contribution is 6.07. The lowest BCUT2D eigenvalue weighted by molar-refractivity contribution is -0.384. The molecule has 28 heavy (non-hydrogen) atoms. The van der Waals surface area contributed by atoms with Gasteiger partial charge in [0.25, 0.3) is 5.69 Å². The number of benzene rings is 2. The molecule has 0 N–H and O–H groups in total. The third-order valence-corrected chi connectivity index (χ3v) is 6.11. The van der Waals surface area contributed by atoms with Crippen molar-refractivity contribution in [2.45, 2.75) is 37.9 Å². The van der Waals surface area contributed by atoms with Crippen LogP contribution in [0.3, 0.4) is 0 Å². The molecule has 3 heterocycles. The molecule has 2 atom stereocenters. The molecule has 7 heteroatoms. The van der Waals surface area contributed by atoms with Gasteiger partial charge in [-0.2, -0.15) is 0 Å². The summed E-state index contributed by atoms with van der Waals surface area (Å²) in [5.41, 5.74) is 3.72. The summed E-state index contributed by atoms with van der Waals surface area (Å²) in [6, 6.07) is 15.6. The topological polar surface area (TPSA) is 62.0 Å². The van der Waals surface area contributed by atoms with Crippen LogP contribution in [0.4, 0.5) is 11.4 Å². The first kappa shape index (κ1) is 18.7. The quantitative estimate of drug-likeness (QED) is 0.562. The highest BCUT2D eigenvalue weighted by atomic mass is 35.5. The summed E-state index contributed by atoms with van der Waals surface area (Å²) in [5, 5.41) is 11.0. The Kier molecular flexibility index (Phi) is 4.34. The summed E-state index contributed by atoms with van der Waals surface area (Å²) in [6.07, 6.45) is 1.22. The summed E-state index contributed by atoms with van der Waals surface area (Å²) in [6.45, 7) is 6.26. The second-order valence-electron chi connectivity index (χ2n) is 8.19. The van der Waals surface area contributed by atoms with Crippen molar-refractivity contribution in [1.82, 2.24) is 4.90 Å². The zero-order chi connectivity index (χ0) is 18.8. The van der Waals surface area contributed by atoms with Crippen molar-refractivity contribution in [3.05, 3.63) is 69.8 Å². The molecule has 0 aromatic heterocycles. The summed E-state index contributed by atoms with van der Waals surface area (Å²) in [7, 11) is 0. The Morgan fingerprint density at radius 2 is 1.86 bits per heavy atom. The van der Waals surface area contributed by atoms with Gasteiger partial charge >= 0.3 is 0 Å². The van der Waals surface area contributed by atoms with Gasteiger partial charge in [-0.15, -0.1) is 12.4 Å². The Hall–Kier alpha value is -2.60. The molecule has 1 saturated heterocycles. The molecular formula is C21H23ClN4O2. The van der Waals surface area contributed by atoms with E-state index in [9.17, 15) is 10.1 Å². The smallest absolute Gasteiger partial charge is 0.269 e. The molecule has 0 saturated carbocycles. The van der Waals surface area contributed by atoms with Crippen molar-refractivity contribution < 1.29 is 4.92 Å². The minimum absolute atomic E-state index is 0. The van der Waals surface area contributed by atoms with E-state index in [1.54, 1.807) is 12.1 Å². The first-order valence-corrected chi connectivity index (χ1v) is 9.41. The van der Waals surface area contributed by atoms with Crippen LogP contribution in [0.25, 0.3) is 0 Å². The van der Waals surface area contributed by atoms with Crippen LogP contribution in [-0.4, -0.2) is 40.5 Å². The lowest BCUT2D eigenvalue weighted by atomic mass is 9.90. The molecule has 0 aliphatic carbocycles. The van der Waals surface area contributed by atoms with E-state index in [0.717, 1.165) is 30.9 Å². The highest BCUT2D eigenvalue weighted by Crippen LogP contribution is 2.47. The van der Waals surface area contributed by atoms with Gasteiger partial charge in [-0.05, 0) is 38.0 Å². The highest BCUT2D eigenvalue weighted by Gasteiger charge is 2.51. The molecule has 3 aliphatic rings. The van der Waals surface area contributed by atoms with Crippen molar-refractivity contribution >= 4 is 29.6 Å². The standard InChI is InChI=1S/C21H22N4O2.ClH/c1-21(2)13-22-19-17-5-3-4-6-18(17)23-12-11-16(20(23)24(19)21)14-7-9-15(10-8-14)25(26)27;/h3-10,16,20H,11-13H2,1-2H3;1H. The van der Waals surface area contributed by atoms with Crippen molar-refractivity contribution in [2.24, 2.45) is 4.99 Å². The summed E-state index contributed by atoms with van der Waals surface area (Å²) in [4.78, 5) is 20.5. The van der Waals surface area contributed by atoms with E-state index in [0.29, 0.717) is 5.92 Å². The molecule has 2 aromatic carbocycles. The third-order valence-electron chi connectivity index (χ3n) is 6.11. The molecule has 0 amide bonds. The Morgan fingerprint density at radius 3 is 2.57 bits per heavy atom. The number of nitrogens with zero attached hydrogens (tertiary/aromatic N) is 4. The van der Waals surface area contributed by atoms with Crippen molar-refractivity contribution in [2.75, 3.05) is 18.0 Å². The van der Waals surface area contributed by atoms with Gasteiger partial charge in [0.1, 0.15) is 12.0 Å². The average molecular weight is 399 g/mol. The van der Waals surface area contributed by atoms with Gasteiger partial charge in [-0.3, -0.25) is 15.1 Å². The molecule has 2 aromatic rings. The normalized spacial score (nSPS) is 24.0. The van der Waals surface area contributed by atoms with Gasteiger partial charge in [0.2, 0.25) is 0 Å². The number of anilines is 1. The van der Waals surface area contributed by atoms with E-state index < -0.39 is 0 Å². The number of non-ortho nitro benzene ring substituents is 1. The summed E-state index contributed by atoms with van der Waals surface area (Å²) >= 11 is 0. The monoisotopic (exact) mass is 398 g/mol. The van der Waals surface area contributed by atoms with Gasteiger partial charge in [0.15, 0.2) is 0 Å². The number of rotatable bonds is 2. The summed E-state index contributed by atoms with van der Waals surface area (Å²) in [5.74, 6) is 1.38. The van der Waals surface area contributed by atoms with Crippen LogP contribution in [0.5, 0.6) is 0 Å². The maximum absolute atomic E-state index is 11.0. The number of para-hydroxylation sites is 1. The fourth-order valence-corrected chi connectivity index (χ4v) is 4.86. The number of nitro benzene ring substituents is 1. The fourth-order valence-electron chi connectivity index (χ4n) is 4.86. The third kappa shape index (κ3) is 2.58. The Bertz CT molecular complexity index is 957. The Labute approximate surface area is 170 Å². The van der Waals surface area contributed by atoms with Crippen LogP contribution in [0.2, 0.25) is 0 Å². The van der Waals surface area contributed by atoms with Crippen LogP contribution >= 0.6 is 12.4 Å². The number of amidine groups is 1. The number of aliphatic imine (C=N–C) groups is 1. The Balaban J connectivity index is 0.00000192. The summed E-state index contributed by atoms with van der Waals surface area (Å²) < 4.78 is 0. The van der Waals surface area contributed by atoms with E-state index >= 15 is 0 Å². The lowest BCUT2D eigenvalue weighted by Gasteiger charge is -2.49. The van der Waals surface area contributed by atoms with Gasteiger partial charge in [-0.25, -0.2) is 0 Å². The first-order valence-electron chi connectivity index (χ1n) is 9.41. The van der Waals surface area contributed by atoms with Crippen LogP contribution in [0, 0.1) is 10.1 Å². The first-order chi connectivity index (χ1) is 13.0. The van der Waals surface area contributed by atoms with Crippen molar-refractivity contribution in [3.8, 4) is 0 Å². The van der Waals surface area contributed by atoms with Gasteiger partial charge in [0.05, 0.1) is 17.0 Å². The second kappa shape index (κ2) is 6.48. The average Bonchev–Trinajstić information content (AvgIpc) is 3.23. The van der Waals surface area contributed by atoms with E-state index in [1.807, 2.05) is 12.1 Å². The molecule has 0 radical (unpaired) electrons. The van der Waals surface area contributed by atoms with Crippen molar-refractivity contribution in [3.63, 3.8) is 0 Å². The molecule has 6 nitrogen and oxygen atoms in total. The SMILES string of the molecule is CC1(C)CN=C2c3ccccc3N3CCC(c4ccc([N+](=O)[O-])cc4)C3N21.Cl. The molecule has 5 rings (SSSR count). The van der Waals surface area contributed by atoms with Crippen LogP contribution in [0.1, 0.15) is 37.3 Å². The number of fused-ring (bicyclic) bond motifs is 6. The van der Waals surface area contributed by atoms with Crippen LogP contribution in [-0.2, 0) is 0 Å².